The van der Waals surface area contributed by atoms with Gasteiger partial charge in [-0.15, -0.1) is 0 Å². The van der Waals surface area contributed by atoms with Gasteiger partial charge in [-0.25, -0.2) is 0 Å². The number of ether oxygens (including phenoxy) is 2. The highest BCUT2D eigenvalue weighted by molar-refractivity contribution is 4.81. The highest BCUT2D eigenvalue weighted by Crippen LogP contribution is 2.04. The third-order valence-electron chi connectivity index (χ3n) is 2.24. The van der Waals surface area contributed by atoms with E-state index >= 15 is 0 Å². The third kappa shape index (κ3) is 8.27. The number of hydrogen-bond donors (Lipinski definition) is 0. The molecule has 84 valence electrons. The summed E-state index contributed by atoms with van der Waals surface area (Å²) < 4.78 is 10.2. The van der Waals surface area contributed by atoms with Gasteiger partial charge in [0.1, 0.15) is 0 Å². The molecule has 0 amide bonds. The fourth-order valence-electron chi connectivity index (χ4n) is 1.31. The molecule has 0 heterocycles. The smallest absolute Gasteiger partial charge is 0.157 e. The minimum absolute atomic E-state index is 0.0460. The molecule has 0 atom stereocenters. The summed E-state index contributed by atoms with van der Waals surface area (Å²) in [4.78, 5) is 0. The largest absolute Gasteiger partial charge is 0.356 e. The Morgan fingerprint density at radius 2 is 1.64 bits per heavy atom. The van der Waals surface area contributed by atoms with E-state index in [1.54, 1.807) is 14.2 Å². The molecule has 0 N–H and O–H groups in total. The fraction of sp³-hybridized carbons (Fsp3) is 0.833. The highest BCUT2D eigenvalue weighted by atomic mass is 16.7. The average molecular weight is 200 g/mol. The molecular formula is C12H24O2. The predicted molar refractivity (Wildman–Crippen MR) is 60.3 cm³/mol. The van der Waals surface area contributed by atoms with Crippen molar-refractivity contribution in [3.05, 3.63) is 12.2 Å². The van der Waals surface area contributed by atoms with E-state index in [4.69, 9.17) is 9.47 Å². The summed E-state index contributed by atoms with van der Waals surface area (Å²) >= 11 is 0. The summed E-state index contributed by atoms with van der Waals surface area (Å²) in [5.41, 5.74) is 0. The van der Waals surface area contributed by atoms with Gasteiger partial charge in [-0.3, -0.25) is 0 Å². The monoisotopic (exact) mass is 200 g/mol. The van der Waals surface area contributed by atoms with Crippen molar-refractivity contribution in [2.75, 3.05) is 14.2 Å². The number of unbranched alkanes of at least 4 members (excludes halogenated alkanes) is 3. The van der Waals surface area contributed by atoms with Gasteiger partial charge in [0.25, 0.3) is 0 Å². The van der Waals surface area contributed by atoms with Gasteiger partial charge < -0.3 is 9.47 Å². The molecule has 0 aliphatic heterocycles. The second-order valence-electron chi connectivity index (χ2n) is 3.45. The second kappa shape index (κ2) is 10.7. The molecule has 0 unspecified atom stereocenters. The summed E-state index contributed by atoms with van der Waals surface area (Å²) in [5, 5.41) is 0. The molecule has 14 heavy (non-hydrogen) atoms. The Hall–Kier alpha value is -0.340. The molecule has 0 rings (SSSR count). The van der Waals surface area contributed by atoms with Crippen LogP contribution in [0.15, 0.2) is 12.2 Å². The molecule has 2 nitrogen and oxygen atoms in total. The Bertz CT molecular complexity index is 128. The van der Waals surface area contributed by atoms with Crippen molar-refractivity contribution in [1.29, 1.82) is 0 Å². The van der Waals surface area contributed by atoms with E-state index in [2.05, 4.69) is 19.1 Å². The van der Waals surface area contributed by atoms with Crippen molar-refractivity contribution in [1.82, 2.24) is 0 Å². The molecule has 0 aliphatic rings. The molecule has 0 aromatic heterocycles. The van der Waals surface area contributed by atoms with E-state index in [1.807, 2.05) is 0 Å². The quantitative estimate of drug-likeness (QED) is 0.322. The van der Waals surface area contributed by atoms with E-state index < -0.39 is 0 Å². The lowest BCUT2D eigenvalue weighted by atomic mass is 10.2. The molecule has 0 saturated heterocycles. The van der Waals surface area contributed by atoms with Gasteiger partial charge in [0.05, 0.1) is 0 Å². The maximum atomic E-state index is 5.09. The second-order valence-corrected chi connectivity index (χ2v) is 3.45. The van der Waals surface area contributed by atoms with Crippen LogP contribution in [0.25, 0.3) is 0 Å². The van der Waals surface area contributed by atoms with Crippen molar-refractivity contribution in [2.24, 2.45) is 0 Å². The Kier molecular flexibility index (Phi) is 10.5. The summed E-state index contributed by atoms with van der Waals surface area (Å²) in [7, 11) is 3.36. The van der Waals surface area contributed by atoms with Crippen LogP contribution in [0, 0.1) is 0 Å². The SMILES string of the molecule is CCCCCC=CCCC(OC)OC. The highest BCUT2D eigenvalue weighted by Gasteiger charge is 2.01. The van der Waals surface area contributed by atoms with Crippen molar-refractivity contribution >= 4 is 0 Å². The van der Waals surface area contributed by atoms with Gasteiger partial charge >= 0.3 is 0 Å². The first-order valence-electron chi connectivity index (χ1n) is 5.55. The fourth-order valence-corrected chi connectivity index (χ4v) is 1.31. The molecule has 0 fully saturated rings. The summed E-state index contributed by atoms with van der Waals surface area (Å²) in [6, 6.07) is 0. The zero-order valence-electron chi connectivity index (χ0n) is 9.79. The van der Waals surface area contributed by atoms with Crippen molar-refractivity contribution in [3.8, 4) is 0 Å². The van der Waals surface area contributed by atoms with Gasteiger partial charge in [0, 0.05) is 20.6 Å². The Labute approximate surface area is 88.3 Å². The van der Waals surface area contributed by atoms with E-state index in [1.165, 1.54) is 25.7 Å². The molecule has 0 aromatic rings. The molecule has 0 saturated carbocycles. The van der Waals surface area contributed by atoms with Gasteiger partial charge in [0.15, 0.2) is 6.29 Å². The van der Waals surface area contributed by atoms with Gasteiger partial charge in [-0.1, -0.05) is 31.9 Å². The van der Waals surface area contributed by atoms with Gasteiger partial charge in [-0.2, -0.15) is 0 Å². The van der Waals surface area contributed by atoms with Crippen molar-refractivity contribution in [3.63, 3.8) is 0 Å². The maximum absolute atomic E-state index is 5.09. The van der Waals surface area contributed by atoms with Gasteiger partial charge in [0.2, 0.25) is 0 Å². The van der Waals surface area contributed by atoms with Crippen molar-refractivity contribution in [2.45, 2.75) is 51.7 Å². The Morgan fingerprint density at radius 3 is 2.21 bits per heavy atom. The zero-order chi connectivity index (χ0) is 10.6. The third-order valence-corrected chi connectivity index (χ3v) is 2.24. The summed E-state index contributed by atoms with van der Waals surface area (Å²) in [6.07, 6.45) is 11.6. The number of rotatable bonds is 9. The zero-order valence-corrected chi connectivity index (χ0v) is 9.79. The number of hydrogen-bond acceptors (Lipinski definition) is 2. The first kappa shape index (κ1) is 13.7. The lowest BCUT2D eigenvalue weighted by Gasteiger charge is -2.10. The lowest BCUT2D eigenvalue weighted by molar-refractivity contribution is -0.105. The average Bonchev–Trinajstić information content (AvgIpc) is 2.22. The van der Waals surface area contributed by atoms with Crippen LogP contribution in [0.3, 0.4) is 0 Å². The van der Waals surface area contributed by atoms with E-state index in [0.717, 1.165) is 12.8 Å². The summed E-state index contributed by atoms with van der Waals surface area (Å²) in [5.74, 6) is 0. The van der Waals surface area contributed by atoms with Gasteiger partial charge in [-0.05, 0) is 19.3 Å². The topological polar surface area (TPSA) is 18.5 Å². The predicted octanol–water partition coefficient (Wildman–Crippen LogP) is 3.52. The van der Waals surface area contributed by atoms with E-state index in [0.29, 0.717) is 0 Å². The van der Waals surface area contributed by atoms with Crippen LogP contribution >= 0.6 is 0 Å². The molecule has 0 bridgehead atoms. The van der Waals surface area contributed by atoms with Crippen LogP contribution in [-0.2, 0) is 9.47 Å². The van der Waals surface area contributed by atoms with Crippen LogP contribution in [0.1, 0.15) is 45.4 Å². The minimum atomic E-state index is -0.0460. The normalized spacial score (nSPS) is 11.7. The number of methoxy groups -OCH3 is 2. The lowest BCUT2D eigenvalue weighted by Crippen LogP contribution is -2.11. The maximum Gasteiger partial charge on any atom is 0.157 e. The summed E-state index contributed by atoms with van der Waals surface area (Å²) in [6.45, 7) is 2.23. The Balaban J connectivity index is 3.25. The number of allylic oxidation sites excluding steroid dienone is 2. The molecule has 0 radical (unpaired) electrons. The minimum Gasteiger partial charge on any atom is -0.356 e. The standard InChI is InChI=1S/C12H24O2/c1-4-5-6-7-8-9-10-11-12(13-2)14-3/h8-9,12H,4-7,10-11H2,1-3H3. The molecule has 0 aliphatic carbocycles. The van der Waals surface area contributed by atoms with Crippen LogP contribution in [0.4, 0.5) is 0 Å². The van der Waals surface area contributed by atoms with Crippen LogP contribution in [0.5, 0.6) is 0 Å². The molecular weight excluding hydrogens is 176 g/mol. The van der Waals surface area contributed by atoms with Crippen LogP contribution < -0.4 is 0 Å². The van der Waals surface area contributed by atoms with Crippen LogP contribution in [0.2, 0.25) is 0 Å². The first-order valence-corrected chi connectivity index (χ1v) is 5.55. The Morgan fingerprint density at radius 1 is 1.00 bits per heavy atom. The van der Waals surface area contributed by atoms with E-state index in [-0.39, 0.29) is 6.29 Å². The molecule has 0 spiro atoms. The van der Waals surface area contributed by atoms with Crippen molar-refractivity contribution < 1.29 is 9.47 Å². The molecule has 0 aromatic carbocycles. The van der Waals surface area contributed by atoms with E-state index in [9.17, 15) is 0 Å². The van der Waals surface area contributed by atoms with Crippen LogP contribution in [-0.4, -0.2) is 20.5 Å². The molecule has 2 heteroatoms. The first-order chi connectivity index (χ1) is 6.85.